The molecule has 0 radical (unpaired) electrons. The Balaban J connectivity index is 2.36. The lowest BCUT2D eigenvalue weighted by Crippen LogP contribution is -2.26. The number of fused-ring (bicyclic) bond motifs is 1. The third-order valence-electron chi connectivity index (χ3n) is 3.00. The van der Waals surface area contributed by atoms with Crippen LogP contribution >= 0.6 is 15.9 Å². The molecule has 3 nitrogen and oxygen atoms in total. The summed E-state index contributed by atoms with van der Waals surface area (Å²) in [4.78, 5) is 2.38. The molecular formula is C14H18BrN3. The fraction of sp³-hybridized carbons (Fsp3) is 0.429. The summed E-state index contributed by atoms with van der Waals surface area (Å²) in [5, 5.41) is 10.4. The number of rotatable bonds is 6. The van der Waals surface area contributed by atoms with Gasteiger partial charge < -0.3 is 4.90 Å². The Labute approximate surface area is 116 Å². The van der Waals surface area contributed by atoms with E-state index in [-0.39, 0.29) is 0 Å². The van der Waals surface area contributed by atoms with Crippen LogP contribution in [0.4, 0.5) is 5.69 Å². The predicted molar refractivity (Wildman–Crippen MR) is 80.5 cm³/mol. The van der Waals surface area contributed by atoms with Crippen LogP contribution in [-0.4, -0.2) is 28.6 Å². The number of halogens is 1. The van der Waals surface area contributed by atoms with E-state index < -0.39 is 0 Å². The third kappa shape index (κ3) is 2.99. The predicted octanol–water partition coefficient (Wildman–Crippen LogP) is 3.63. The maximum atomic E-state index is 4.18. The zero-order valence-electron chi connectivity index (χ0n) is 10.6. The summed E-state index contributed by atoms with van der Waals surface area (Å²) in [5.41, 5.74) is 2.15. The van der Waals surface area contributed by atoms with Crippen molar-refractivity contribution in [2.24, 2.45) is 0 Å². The van der Waals surface area contributed by atoms with E-state index >= 15 is 0 Å². The Morgan fingerprint density at radius 3 is 2.83 bits per heavy atom. The van der Waals surface area contributed by atoms with Crippen LogP contribution in [0.1, 0.15) is 19.8 Å². The van der Waals surface area contributed by atoms with Crippen LogP contribution in [0.5, 0.6) is 0 Å². The Hall–Kier alpha value is -1.16. The fourth-order valence-corrected chi connectivity index (χ4v) is 2.48. The molecule has 96 valence electrons. The number of anilines is 1. The zero-order chi connectivity index (χ0) is 12.8. The number of alkyl halides is 1. The lowest BCUT2D eigenvalue weighted by molar-refractivity contribution is 0.735. The van der Waals surface area contributed by atoms with Gasteiger partial charge in [-0.3, -0.25) is 0 Å². The molecule has 0 atom stereocenters. The molecule has 0 saturated heterocycles. The van der Waals surface area contributed by atoms with Crippen LogP contribution in [0.3, 0.4) is 0 Å². The van der Waals surface area contributed by atoms with E-state index in [1.165, 1.54) is 23.9 Å². The summed E-state index contributed by atoms with van der Waals surface area (Å²) in [7, 11) is 0. The van der Waals surface area contributed by atoms with Gasteiger partial charge >= 0.3 is 0 Å². The van der Waals surface area contributed by atoms with E-state index in [2.05, 4.69) is 50.1 Å². The number of aromatic nitrogens is 2. The van der Waals surface area contributed by atoms with Crippen LogP contribution in [0.2, 0.25) is 0 Å². The molecule has 1 aromatic heterocycles. The monoisotopic (exact) mass is 307 g/mol. The molecule has 0 N–H and O–H groups in total. The minimum absolute atomic E-state index is 0.964. The summed E-state index contributed by atoms with van der Waals surface area (Å²) in [6.45, 7) is 4.28. The molecular weight excluding hydrogens is 290 g/mol. The maximum absolute atomic E-state index is 4.18. The standard InChI is InChI=1S/C14H18BrN3/c1-2-3-9-18(10-8-15)14-11-16-17-13-7-5-4-6-12(13)14/h4-7,11H,2-3,8-10H2,1H3. The second-order valence-electron chi connectivity index (χ2n) is 4.28. The van der Waals surface area contributed by atoms with Gasteiger partial charge in [-0.25, -0.2) is 0 Å². The van der Waals surface area contributed by atoms with Crippen LogP contribution in [0, 0.1) is 0 Å². The summed E-state index contributed by atoms with van der Waals surface area (Å²) in [6.07, 6.45) is 4.28. The molecule has 0 unspecified atom stereocenters. The highest BCUT2D eigenvalue weighted by atomic mass is 79.9. The minimum Gasteiger partial charge on any atom is -0.369 e. The first kappa shape index (κ1) is 13.3. The second-order valence-corrected chi connectivity index (χ2v) is 5.07. The first-order valence-electron chi connectivity index (χ1n) is 6.38. The molecule has 1 aromatic carbocycles. The average Bonchev–Trinajstić information content (AvgIpc) is 2.43. The van der Waals surface area contributed by atoms with Crippen molar-refractivity contribution in [2.75, 3.05) is 23.3 Å². The molecule has 0 spiro atoms. The average molecular weight is 308 g/mol. The molecule has 0 saturated carbocycles. The molecule has 4 heteroatoms. The molecule has 2 aromatic rings. The fourth-order valence-electron chi connectivity index (χ4n) is 2.05. The molecule has 0 aliphatic rings. The number of unbranched alkanes of at least 4 members (excludes halogenated alkanes) is 1. The van der Waals surface area contributed by atoms with Gasteiger partial charge in [0.2, 0.25) is 0 Å². The van der Waals surface area contributed by atoms with E-state index in [0.717, 1.165) is 23.9 Å². The van der Waals surface area contributed by atoms with Crippen LogP contribution < -0.4 is 4.90 Å². The molecule has 0 aliphatic carbocycles. The molecule has 0 aliphatic heterocycles. The van der Waals surface area contributed by atoms with Gasteiger partial charge in [-0.1, -0.05) is 47.5 Å². The Morgan fingerprint density at radius 2 is 2.06 bits per heavy atom. The van der Waals surface area contributed by atoms with Crippen LogP contribution in [-0.2, 0) is 0 Å². The van der Waals surface area contributed by atoms with E-state index in [1.807, 2.05) is 18.3 Å². The highest BCUT2D eigenvalue weighted by Gasteiger charge is 2.10. The normalized spacial score (nSPS) is 10.8. The van der Waals surface area contributed by atoms with Gasteiger partial charge in [0.1, 0.15) is 0 Å². The quantitative estimate of drug-likeness (QED) is 0.763. The maximum Gasteiger partial charge on any atom is 0.0950 e. The number of benzene rings is 1. The van der Waals surface area contributed by atoms with Crippen molar-refractivity contribution >= 4 is 32.5 Å². The van der Waals surface area contributed by atoms with E-state index in [1.54, 1.807) is 0 Å². The lowest BCUT2D eigenvalue weighted by atomic mass is 10.2. The number of hydrogen-bond donors (Lipinski definition) is 0. The van der Waals surface area contributed by atoms with Crippen molar-refractivity contribution in [1.82, 2.24) is 10.2 Å². The van der Waals surface area contributed by atoms with Crippen molar-refractivity contribution in [3.8, 4) is 0 Å². The summed E-state index contributed by atoms with van der Waals surface area (Å²) in [5.74, 6) is 0. The Bertz CT molecular complexity index is 496. The summed E-state index contributed by atoms with van der Waals surface area (Å²) < 4.78 is 0. The zero-order valence-corrected chi connectivity index (χ0v) is 12.2. The van der Waals surface area contributed by atoms with Crippen molar-refractivity contribution in [2.45, 2.75) is 19.8 Å². The SMILES string of the molecule is CCCCN(CCBr)c1cnnc2ccccc12. The van der Waals surface area contributed by atoms with Gasteiger partial charge in [0.05, 0.1) is 17.4 Å². The topological polar surface area (TPSA) is 29.0 Å². The van der Waals surface area contributed by atoms with E-state index in [4.69, 9.17) is 0 Å². The highest BCUT2D eigenvalue weighted by Crippen LogP contribution is 2.24. The lowest BCUT2D eigenvalue weighted by Gasteiger charge is -2.24. The van der Waals surface area contributed by atoms with Crippen molar-refractivity contribution in [1.29, 1.82) is 0 Å². The van der Waals surface area contributed by atoms with Gasteiger partial charge in [-0.05, 0) is 12.5 Å². The summed E-state index contributed by atoms with van der Waals surface area (Å²) in [6, 6.07) is 8.19. The second kappa shape index (κ2) is 6.69. The highest BCUT2D eigenvalue weighted by molar-refractivity contribution is 9.09. The molecule has 2 rings (SSSR count). The van der Waals surface area contributed by atoms with Crippen molar-refractivity contribution in [3.63, 3.8) is 0 Å². The van der Waals surface area contributed by atoms with E-state index in [9.17, 15) is 0 Å². The summed E-state index contributed by atoms with van der Waals surface area (Å²) >= 11 is 3.53. The van der Waals surface area contributed by atoms with Crippen LogP contribution in [0.15, 0.2) is 30.5 Å². The van der Waals surface area contributed by atoms with Gasteiger partial charge in [-0.2, -0.15) is 10.2 Å². The van der Waals surface area contributed by atoms with Crippen molar-refractivity contribution < 1.29 is 0 Å². The first-order valence-corrected chi connectivity index (χ1v) is 7.50. The molecule has 0 bridgehead atoms. The molecule has 0 amide bonds. The van der Waals surface area contributed by atoms with Gasteiger partial charge in [-0.15, -0.1) is 0 Å². The third-order valence-corrected chi connectivity index (χ3v) is 3.36. The van der Waals surface area contributed by atoms with Crippen molar-refractivity contribution in [3.05, 3.63) is 30.5 Å². The van der Waals surface area contributed by atoms with E-state index in [0.29, 0.717) is 0 Å². The molecule has 1 heterocycles. The van der Waals surface area contributed by atoms with Gasteiger partial charge in [0, 0.05) is 23.8 Å². The number of nitrogens with zero attached hydrogens (tertiary/aromatic N) is 3. The molecule has 0 fully saturated rings. The Kier molecular flexibility index (Phi) is 4.93. The van der Waals surface area contributed by atoms with Gasteiger partial charge in [0.25, 0.3) is 0 Å². The Morgan fingerprint density at radius 1 is 1.22 bits per heavy atom. The first-order chi connectivity index (χ1) is 8.86. The minimum atomic E-state index is 0.964. The smallest absolute Gasteiger partial charge is 0.0950 e. The largest absolute Gasteiger partial charge is 0.369 e. The van der Waals surface area contributed by atoms with Crippen LogP contribution in [0.25, 0.3) is 10.9 Å². The van der Waals surface area contributed by atoms with Gasteiger partial charge in [0.15, 0.2) is 0 Å². The molecule has 18 heavy (non-hydrogen) atoms. The number of hydrogen-bond acceptors (Lipinski definition) is 3.